The Bertz CT molecular complexity index is 2080. The number of hydrogen-bond donors (Lipinski definition) is 0. The number of rotatable bonds is 3. The number of pyridine rings is 1. The van der Waals surface area contributed by atoms with Crippen molar-refractivity contribution >= 4 is 43.1 Å². The Morgan fingerprint density at radius 3 is 1.40 bits per heavy atom. The second-order valence-electron chi connectivity index (χ2n) is 10.2. The van der Waals surface area contributed by atoms with Gasteiger partial charge in [0.15, 0.2) is 5.82 Å². The van der Waals surface area contributed by atoms with Gasteiger partial charge in [0.25, 0.3) is 0 Å². The highest BCUT2D eigenvalue weighted by Crippen LogP contribution is 2.34. The summed E-state index contributed by atoms with van der Waals surface area (Å²) in [6.45, 7) is 0. The van der Waals surface area contributed by atoms with Crippen molar-refractivity contribution in [1.82, 2.24) is 15.0 Å². The summed E-state index contributed by atoms with van der Waals surface area (Å²) < 4.78 is 0. The zero-order valence-electron chi connectivity index (χ0n) is 21.6. The summed E-state index contributed by atoms with van der Waals surface area (Å²) in [4.78, 5) is 14.1. The molecule has 0 fully saturated rings. The highest BCUT2D eigenvalue weighted by atomic mass is 14.9. The molecule has 0 radical (unpaired) electrons. The molecular formula is C37H23N3. The molecule has 0 bridgehead atoms. The Balaban J connectivity index is 1.31. The van der Waals surface area contributed by atoms with E-state index in [0.717, 1.165) is 28.1 Å². The third-order valence-electron chi connectivity index (χ3n) is 7.66. The molecule has 3 heteroatoms. The maximum Gasteiger partial charge on any atom is 0.178 e. The lowest BCUT2D eigenvalue weighted by atomic mass is 9.96. The topological polar surface area (TPSA) is 38.7 Å². The van der Waals surface area contributed by atoms with Gasteiger partial charge >= 0.3 is 0 Å². The molecule has 0 spiro atoms. The molecule has 0 unspecified atom stereocenters. The van der Waals surface area contributed by atoms with Crippen LogP contribution in [-0.4, -0.2) is 15.0 Å². The molecule has 0 saturated heterocycles. The molecule has 2 aromatic heterocycles. The van der Waals surface area contributed by atoms with Crippen molar-refractivity contribution in [3.05, 3.63) is 140 Å². The summed E-state index contributed by atoms with van der Waals surface area (Å²) in [5.74, 6) is 0.615. The van der Waals surface area contributed by atoms with Crippen LogP contribution in [0.4, 0.5) is 0 Å². The van der Waals surface area contributed by atoms with Crippen LogP contribution in [0.15, 0.2) is 140 Å². The van der Waals surface area contributed by atoms with Gasteiger partial charge in [-0.1, -0.05) is 72.8 Å². The minimum atomic E-state index is 0.615. The van der Waals surface area contributed by atoms with E-state index < -0.39 is 0 Å². The fourth-order valence-corrected chi connectivity index (χ4v) is 5.61. The Morgan fingerprint density at radius 1 is 0.325 bits per heavy atom. The first-order valence-corrected chi connectivity index (χ1v) is 13.4. The third kappa shape index (κ3) is 3.96. The van der Waals surface area contributed by atoms with E-state index in [1.54, 1.807) is 12.4 Å². The van der Waals surface area contributed by atoms with Crippen LogP contribution in [-0.2, 0) is 0 Å². The van der Waals surface area contributed by atoms with Crippen LogP contribution in [0.2, 0.25) is 0 Å². The van der Waals surface area contributed by atoms with Crippen LogP contribution in [0.1, 0.15) is 0 Å². The molecule has 0 amide bonds. The van der Waals surface area contributed by atoms with Crippen LogP contribution in [0.5, 0.6) is 0 Å². The van der Waals surface area contributed by atoms with Crippen molar-refractivity contribution in [2.24, 2.45) is 0 Å². The van der Waals surface area contributed by atoms with Gasteiger partial charge in [-0.3, -0.25) is 0 Å². The molecule has 8 aromatic rings. The number of aromatic nitrogens is 3. The van der Waals surface area contributed by atoms with Gasteiger partial charge < -0.3 is 0 Å². The van der Waals surface area contributed by atoms with Crippen molar-refractivity contribution in [2.75, 3.05) is 0 Å². The van der Waals surface area contributed by atoms with E-state index in [2.05, 4.69) is 131 Å². The van der Waals surface area contributed by atoms with Crippen molar-refractivity contribution in [3.63, 3.8) is 0 Å². The van der Waals surface area contributed by atoms with Gasteiger partial charge in [-0.05, 0) is 109 Å². The zero-order chi connectivity index (χ0) is 26.5. The number of fused-ring (bicyclic) bond motifs is 4. The molecule has 0 N–H and O–H groups in total. The lowest BCUT2D eigenvalue weighted by molar-refractivity contribution is 1.14. The van der Waals surface area contributed by atoms with E-state index in [9.17, 15) is 0 Å². The number of hydrogen-bond acceptors (Lipinski definition) is 3. The molecule has 0 aliphatic rings. The minimum Gasteiger partial charge on any atom is -0.244 e. The van der Waals surface area contributed by atoms with Crippen LogP contribution in [0.25, 0.3) is 77.0 Å². The Morgan fingerprint density at radius 2 is 0.800 bits per heavy atom. The number of nitrogens with zero attached hydrogens (tertiary/aromatic N) is 3. The first-order chi connectivity index (χ1) is 19.8. The smallest absolute Gasteiger partial charge is 0.178 e. The van der Waals surface area contributed by atoms with Crippen LogP contribution >= 0.6 is 0 Å². The molecular weight excluding hydrogens is 486 g/mol. The average molecular weight is 510 g/mol. The summed E-state index contributed by atoms with van der Waals surface area (Å²) in [6, 6.07) is 45.4. The van der Waals surface area contributed by atoms with Gasteiger partial charge in [0.1, 0.15) is 5.69 Å². The molecule has 0 atom stereocenters. The van der Waals surface area contributed by atoms with E-state index >= 15 is 0 Å². The lowest BCUT2D eigenvalue weighted by Gasteiger charge is -2.11. The van der Waals surface area contributed by atoms with E-state index in [-0.39, 0.29) is 0 Å². The summed E-state index contributed by atoms with van der Waals surface area (Å²) in [5.41, 5.74) is 4.93. The molecule has 0 aliphatic heterocycles. The van der Waals surface area contributed by atoms with Gasteiger partial charge in [0.05, 0.1) is 5.69 Å². The van der Waals surface area contributed by atoms with E-state index in [1.807, 2.05) is 6.07 Å². The predicted molar refractivity (Wildman–Crippen MR) is 166 cm³/mol. The average Bonchev–Trinajstić information content (AvgIpc) is 3.02. The van der Waals surface area contributed by atoms with Gasteiger partial charge in [0.2, 0.25) is 0 Å². The van der Waals surface area contributed by atoms with E-state index in [4.69, 9.17) is 4.98 Å². The summed E-state index contributed by atoms with van der Waals surface area (Å²) in [7, 11) is 0. The highest BCUT2D eigenvalue weighted by molar-refractivity contribution is 6.01. The highest BCUT2D eigenvalue weighted by Gasteiger charge is 2.12. The monoisotopic (exact) mass is 509 g/mol. The third-order valence-corrected chi connectivity index (χ3v) is 7.66. The molecule has 0 aliphatic carbocycles. The van der Waals surface area contributed by atoms with E-state index in [0.29, 0.717) is 5.82 Å². The Kier molecular flexibility index (Phi) is 5.14. The van der Waals surface area contributed by atoms with Gasteiger partial charge in [-0.15, -0.1) is 0 Å². The second-order valence-corrected chi connectivity index (χ2v) is 10.2. The number of benzene rings is 6. The maximum absolute atomic E-state index is 5.05. The maximum atomic E-state index is 5.05. The standard InChI is InChI=1S/C37H23N3/c1-3-8-26-18-32-20-30(11-10-28(32)16-24(26)6-1)34-22-35(40-36(23-34)37-38-14-5-15-39-37)31-13-12-29-17-25-7-2-4-9-27(25)19-33(29)21-31/h1-23H. The largest absolute Gasteiger partial charge is 0.244 e. The molecule has 40 heavy (non-hydrogen) atoms. The van der Waals surface area contributed by atoms with E-state index in [1.165, 1.54) is 43.1 Å². The first-order valence-electron chi connectivity index (χ1n) is 13.4. The lowest BCUT2D eigenvalue weighted by Crippen LogP contribution is -1.95. The molecule has 8 rings (SSSR count). The first kappa shape index (κ1) is 22.6. The van der Waals surface area contributed by atoms with Crippen LogP contribution < -0.4 is 0 Å². The van der Waals surface area contributed by atoms with Crippen LogP contribution in [0.3, 0.4) is 0 Å². The fraction of sp³-hybridized carbons (Fsp3) is 0. The molecule has 3 nitrogen and oxygen atoms in total. The fourth-order valence-electron chi connectivity index (χ4n) is 5.61. The molecule has 0 saturated carbocycles. The van der Waals surface area contributed by atoms with Crippen molar-refractivity contribution in [2.45, 2.75) is 0 Å². The molecule has 6 aromatic carbocycles. The zero-order valence-corrected chi connectivity index (χ0v) is 21.6. The van der Waals surface area contributed by atoms with Crippen molar-refractivity contribution in [3.8, 4) is 33.9 Å². The summed E-state index contributed by atoms with van der Waals surface area (Å²) >= 11 is 0. The van der Waals surface area contributed by atoms with Gasteiger partial charge in [-0.2, -0.15) is 0 Å². The van der Waals surface area contributed by atoms with Crippen LogP contribution in [0, 0.1) is 0 Å². The van der Waals surface area contributed by atoms with Crippen molar-refractivity contribution < 1.29 is 0 Å². The summed E-state index contributed by atoms with van der Waals surface area (Å²) in [5, 5.41) is 9.82. The second kappa shape index (κ2) is 9.11. The van der Waals surface area contributed by atoms with Gasteiger partial charge in [0, 0.05) is 18.0 Å². The predicted octanol–water partition coefficient (Wildman–Crippen LogP) is 9.49. The molecule has 186 valence electrons. The summed E-state index contributed by atoms with van der Waals surface area (Å²) in [6.07, 6.45) is 3.53. The Labute approximate surface area is 231 Å². The molecule has 2 heterocycles. The minimum absolute atomic E-state index is 0.615. The Hall–Kier alpha value is -5.41. The van der Waals surface area contributed by atoms with Gasteiger partial charge in [-0.25, -0.2) is 15.0 Å². The normalized spacial score (nSPS) is 11.5. The quantitative estimate of drug-likeness (QED) is 0.223. The van der Waals surface area contributed by atoms with Crippen molar-refractivity contribution in [1.29, 1.82) is 0 Å². The SMILES string of the molecule is c1cnc(-c2cc(-c3ccc4cc5ccccc5cc4c3)cc(-c3ccc4cc5ccccc5cc4c3)n2)nc1.